The molecule has 94 valence electrons. The maximum atomic E-state index is 13.6. The molecule has 1 unspecified atom stereocenters. The Hall–Kier alpha value is -1.00. The van der Waals surface area contributed by atoms with Crippen molar-refractivity contribution in [2.45, 2.75) is 25.8 Å². The molecule has 0 heterocycles. The lowest BCUT2D eigenvalue weighted by molar-refractivity contribution is 0.255. The number of benzene rings is 1. The van der Waals surface area contributed by atoms with E-state index in [0.29, 0.717) is 4.99 Å². The van der Waals surface area contributed by atoms with Crippen LogP contribution < -0.4 is 5.73 Å². The summed E-state index contributed by atoms with van der Waals surface area (Å²) in [5.41, 5.74) is 6.17. The third-order valence-electron chi connectivity index (χ3n) is 2.95. The lowest BCUT2D eigenvalue weighted by Gasteiger charge is -2.25. The number of hydrogen-bond acceptors (Lipinski definition) is 2. The van der Waals surface area contributed by atoms with E-state index in [2.05, 4.69) is 4.90 Å². The molecule has 0 saturated heterocycles. The molecule has 0 spiro atoms. The van der Waals surface area contributed by atoms with Gasteiger partial charge in [0.05, 0.1) is 4.99 Å². The molecule has 1 atom stereocenters. The Balaban J connectivity index is 2.55. The molecule has 0 aliphatic rings. The molecule has 17 heavy (non-hydrogen) atoms. The van der Waals surface area contributed by atoms with Crippen LogP contribution in [0.4, 0.5) is 4.39 Å². The molecule has 0 radical (unpaired) electrons. The molecule has 2 N–H and O–H groups in total. The van der Waals surface area contributed by atoms with Gasteiger partial charge >= 0.3 is 0 Å². The lowest BCUT2D eigenvalue weighted by Crippen LogP contribution is -2.25. The number of nitrogens with zero attached hydrogens (tertiary/aromatic N) is 1. The predicted molar refractivity (Wildman–Crippen MR) is 73.5 cm³/mol. The van der Waals surface area contributed by atoms with Gasteiger partial charge in [-0.1, -0.05) is 30.4 Å². The monoisotopic (exact) mass is 254 g/mol. The molecule has 2 nitrogen and oxygen atoms in total. The first-order valence-corrected chi connectivity index (χ1v) is 6.16. The summed E-state index contributed by atoms with van der Waals surface area (Å²) in [5, 5.41) is 0. The van der Waals surface area contributed by atoms with Crippen LogP contribution in [0.5, 0.6) is 0 Å². The van der Waals surface area contributed by atoms with E-state index in [-0.39, 0.29) is 11.9 Å². The second kappa shape index (κ2) is 6.67. The van der Waals surface area contributed by atoms with Gasteiger partial charge in [0.15, 0.2) is 0 Å². The average molecular weight is 254 g/mol. The van der Waals surface area contributed by atoms with Gasteiger partial charge in [0.1, 0.15) is 5.82 Å². The van der Waals surface area contributed by atoms with Crippen molar-refractivity contribution in [2.75, 3.05) is 13.6 Å². The van der Waals surface area contributed by atoms with Crippen molar-refractivity contribution in [3.63, 3.8) is 0 Å². The normalized spacial score (nSPS) is 12.7. The summed E-state index contributed by atoms with van der Waals surface area (Å²) in [4.78, 5) is 2.65. The van der Waals surface area contributed by atoms with Gasteiger partial charge < -0.3 is 5.73 Å². The topological polar surface area (TPSA) is 29.3 Å². The minimum absolute atomic E-state index is 0.0579. The lowest BCUT2D eigenvalue weighted by atomic mass is 10.1. The third kappa shape index (κ3) is 4.40. The Kier molecular flexibility index (Phi) is 5.51. The second-order valence-electron chi connectivity index (χ2n) is 4.25. The van der Waals surface area contributed by atoms with Crippen LogP contribution in [0, 0.1) is 5.82 Å². The molecule has 0 amide bonds. The fourth-order valence-corrected chi connectivity index (χ4v) is 1.89. The molecule has 0 bridgehead atoms. The van der Waals surface area contributed by atoms with Crippen molar-refractivity contribution in [2.24, 2.45) is 5.73 Å². The number of thiocarbonyl (C=S) groups is 1. The number of hydrogen-bond donors (Lipinski definition) is 1. The highest BCUT2D eigenvalue weighted by Crippen LogP contribution is 2.21. The molecule has 0 saturated carbocycles. The molecule has 1 aromatic rings. The smallest absolute Gasteiger partial charge is 0.127 e. The zero-order chi connectivity index (χ0) is 12.8. The fourth-order valence-electron chi connectivity index (χ4n) is 1.75. The number of halogens is 1. The van der Waals surface area contributed by atoms with Gasteiger partial charge in [0.25, 0.3) is 0 Å². The zero-order valence-electron chi connectivity index (χ0n) is 10.3. The second-order valence-corrected chi connectivity index (χ2v) is 4.77. The molecule has 0 aliphatic carbocycles. The van der Waals surface area contributed by atoms with E-state index in [9.17, 15) is 4.39 Å². The highest BCUT2D eigenvalue weighted by atomic mass is 32.1. The third-order valence-corrected chi connectivity index (χ3v) is 3.15. The van der Waals surface area contributed by atoms with Crippen molar-refractivity contribution in [3.8, 4) is 0 Å². The average Bonchev–Trinajstić information content (AvgIpc) is 2.28. The molecule has 4 heteroatoms. The molecule has 0 fully saturated rings. The van der Waals surface area contributed by atoms with E-state index >= 15 is 0 Å². The van der Waals surface area contributed by atoms with Crippen molar-refractivity contribution < 1.29 is 4.39 Å². The van der Waals surface area contributed by atoms with Gasteiger partial charge in [-0.3, -0.25) is 4.90 Å². The summed E-state index contributed by atoms with van der Waals surface area (Å²) in [6, 6.07) is 6.94. The Morgan fingerprint density at radius 2 is 2.12 bits per heavy atom. The van der Waals surface area contributed by atoms with Crippen LogP contribution >= 0.6 is 12.2 Å². The van der Waals surface area contributed by atoms with Gasteiger partial charge in [-0.25, -0.2) is 4.39 Å². The van der Waals surface area contributed by atoms with Crippen molar-refractivity contribution in [3.05, 3.63) is 35.6 Å². The fraction of sp³-hybridized carbons (Fsp3) is 0.462. The Labute approximate surface area is 108 Å². The maximum absolute atomic E-state index is 13.6. The quantitative estimate of drug-likeness (QED) is 0.792. The van der Waals surface area contributed by atoms with Gasteiger partial charge in [-0.2, -0.15) is 0 Å². The summed E-state index contributed by atoms with van der Waals surface area (Å²) >= 11 is 4.83. The first-order valence-electron chi connectivity index (χ1n) is 5.75. The van der Waals surface area contributed by atoms with E-state index < -0.39 is 0 Å². The molecule has 0 aliphatic heterocycles. The van der Waals surface area contributed by atoms with E-state index in [1.807, 2.05) is 26.1 Å². The minimum atomic E-state index is -0.152. The highest BCUT2D eigenvalue weighted by molar-refractivity contribution is 7.80. The van der Waals surface area contributed by atoms with Crippen LogP contribution in [-0.2, 0) is 0 Å². The summed E-state index contributed by atoms with van der Waals surface area (Å²) in [5.74, 6) is -0.152. The van der Waals surface area contributed by atoms with Crippen LogP contribution in [0.25, 0.3) is 0 Å². The summed E-state index contributed by atoms with van der Waals surface area (Å²) in [6.45, 7) is 2.85. The minimum Gasteiger partial charge on any atom is -0.393 e. The molecular weight excluding hydrogens is 235 g/mol. The summed E-state index contributed by atoms with van der Waals surface area (Å²) < 4.78 is 13.6. The van der Waals surface area contributed by atoms with Gasteiger partial charge in [-0.05, 0) is 39.4 Å². The van der Waals surface area contributed by atoms with Crippen LogP contribution in [0.2, 0.25) is 0 Å². The van der Waals surface area contributed by atoms with Crippen molar-refractivity contribution in [1.82, 2.24) is 4.90 Å². The number of nitrogens with two attached hydrogens (primary N) is 1. The van der Waals surface area contributed by atoms with E-state index in [1.165, 1.54) is 6.07 Å². The van der Waals surface area contributed by atoms with E-state index in [0.717, 1.165) is 24.9 Å². The van der Waals surface area contributed by atoms with Crippen LogP contribution in [0.1, 0.15) is 31.4 Å². The van der Waals surface area contributed by atoms with E-state index in [1.54, 1.807) is 6.07 Å². The molecule has 1 aromatic carbocycles. The van der Waals surface area contributed by atoms with Gasteiger partial charge in [0.2, 0.25) is 0 Å². The first kappa shape index (κ1) is 14.1. The SMILES string of the molecule is CC(c1ccccc1F)N(C)CCCC(N)=S. The van der Waals surface area contributed by atoms with E-state index in [4.69, 9.17) is 18.0 Å². The molecule has 0 aromatic heterocycles. The molecule has 1 rings (SSSR count). The first-order chi connectivity index (χ1) is 8.02. The van der Waals surface area contributed by atoms with Gasteiger partial charge in [0, 0.05) is 11.6 Å². The Morgan fingerprint density at radius 3 is 2.71 bits per heavy atom. The summed E-state index contributed by atoms with van der Waals surface area (Å²) in [7, 11) is 1.98. The standard InChI is InChI=1S/C13H19FN2S/c1-10(11-6-3-4-7-12(11)14)16(2)9-5-8-13(15)17/h3-4,6-7,10H,5,8-9H2,1-2H3,(H2,15,17). The Morgan fingerprint density at radius 1 is 1.47 bits per heavy atom. The Bertz CT molecular complexity index is 381. The van der Waals surface area contributed by atoms with Crippen LogP contribution in [0.15, 0.2) is 24.3 Å². The van der Waals surface area contributed by atoms with Crippen molar-refractivity contribution >= 4 is 17.2 Å². The maximum Gasteiger partial charge on any atom is 0.127 e. The predicted octanol–water partition coefficient (Wildman–Crippen LogP) is 2.88. The zero-order valence-corrected chi connectivity index (χ0v) is 11.1. The largest absolute Gasteiger partial charge is 0.393 e. The highest BCUT2D eigenvalue weighted by Gasteiger charge is 2.14. The number of rotatable bonds is 6. The summed E-state index contributed by atoms with van der Waals surface area (Å²) in [6.07, 6.45) is 1.65. The van der Waals surface area contributed by atoms with Crippen LogP contribution in [0.3, 0.4) is 0 Å². The van der Waals surface area contributed by atoms with Gasteiger partial charge in [-0.15, -0.1) is 0 Å². The molecular formula is C13H19FN2S. The van der Waals surface area contributed by atoms with Crippen LogP contribution in [-0.4, -0.2) is 23.5 Å². The van der Waals surface area contributed by atoms with Crippen molar-refractivity contribution in [1.29, 1.82) is 0 Å².